The molecule has 3 rings (SSSR count). The first-order valence-corrected chi connectivity index (χ1v) is 7.69. The standard InChI is InChI=1S/C17H12Cl2N4O/c18-11-3-4-12(14(19)8-11)15-13-7-10(16(24)23-17(20)21)2-1-9(13)5-6-22-15/h1-8H,(H4,20,21,23,24). The van der Waals surface area contributed by atoms with Crippen molar-refractivity contribution in [2.24, 2.45) is 16.5 Å². The van der Waals surface area contributed by atoms with E-state index in [0.29, 0.717) is 21.3 Å². The van der Waals surface area contributed by atoms with Crippen LogP contribution in [0.15, 0.2) is 53.7 Å². The number of nitrogens with zero attached hydrogens (tertiary/aromatic N) is 2. The Morgan fingerprint density at radius 3 is 2.54 bits per heavy atom. The zero-order chi connectivity index (χ0) is 17.3. The van der Waals surface area contributed by atoms with Crippen LogP contribution in [0.1, 0.15) is 10.4 Å². The van der Waals surface area contributed by atoms with Gasteiger partial charge >= 0.3 is 0 Å². The van der Waals surface area contributed by atoms with E-state index in [1.54, 1.807) is 42.6 Å². The predicted molar refractivity (Wildman–Crippen MR) is 97.3 cm³/mol. The lowest BCUT2D eigenvalue weighted by molar-refractivity contribution is 0.100. The summed E-state index contributed by atoms with van der Waals surface area (Å²) in [6.45, 7) is 0. The lowest BCUT2D eigenvalue weighted by Crippen LogP contribution is -2.24. The highest BCUT2D eigenvalue weighted by molar-refractivity contribution is 6.36. The predicted octanol–water partition coefficient (Wildman–Crippen LogP) is 3.62. The SMILES string of the molecule is NC(N)=NC(=O)c1ccc2ccnc(-c3ccc(Cl)cc3Cl)c2c1. The second-order valence-corrected chi connectivity index (χ2v) is 5.91. The highest BCUT2D eigenvalue weighted by atomic mass is 35.5. The Hall–Kier alpha value is -2.63. The zero-order valence-corrected chi connectivity index (χ0v) is 13.8. The summed E-state index contributed by atoms with van der Waals surface area (Å²) in [6, 6.07) is 12.2. The van der Waals surface area contributed by atoms with Gasteiger partial charge in [0.25, 0.3) is 5.91 Å². The summed E-state index contributed by atoms with van der Waals surface area (Å²) in [5, 5.41) is 2.68. The summed E-state index contributed by atoms with van der Waals surface area (Å²) in [6.07, 6.45) is 1.68. The van der Waals surface area contributed by atoms with Crippen LogP contribution < -0.4 is 11.5 Å². The number of rotatable bonds is 2. The van der Waals surface area contributed by atoms with Gasteiger partial charge in [-0.2, -0.15) is 4.99 Å². The van der Waals surface area contributed by atoms with E-state index in [1.165, 1.54) is 0 Å². The number of halogens is 2. The van der Waals surface area contributed by atoms with E-state index in [0.717, 1.165) is 16.3 Å². The van der Waals surface area contributed by atoms with Crippen LogP contribution in [0.3, 0.4) is 0 Å². The van der Waals surface area contributed by atoms with Crippen LogP contribution in [-0.4, -0.2) is 16.9 Å². The normalized spacial score (nSPS) is 10.6. The number of hydrogen-bond donors (Lipinski definition) is 2. The largest absolute Gasteiger partial charge is 0.370 e. The third-order valence-corrected chi connectivity index (χ3v) is 3.98. The fraction of sp³-hybridized carbons (Fsp3) is 0. The topological polar surface area (TPSA) is 94.4 Å². The molecule has 0 unspecified atom stereocenters. The quantitative estimate of drug-likeness (QED) is 0.540. The summed E-state index contributed by atoms with van der Waals surface area (Å²) in [5.41, 5.74) is 12.2. The van der Waals surface area contributed by atoms with E-state index in [-0.39, 0.29) is 5.96 Å². The number of fused-ring (bicyclic) bond motifs is 1. The molecule has 0 spiro atoms. The van der Waals surface area contributed by atoms with Crippen molar-refractivity contribution in [1.29, 1.82) is 0 Å². The number of amides is 1. The van der Waals surface area contributed by atoms with Gasteiger partial charge in [0.2, 0.25) is 0 Å². The first-order chi connectivity index (χ1) is 11.5. The lowest BCUT2D eigenvalue weighted by atomic mass is 10.0. The maximum atomic E-state index is 12.0. The minimum atomic E-state index is -0.520. The van der Waals surface area contributed by atoms with Crippen LogP contribution in [0.4, 0.5) is 0 Å². The molecule has 4 N–H and O–H groups in total. The molecule has 120 valence electrons. The summed E-state index contributed by atoms with van der Waals surface area (Å²) in [5.74, 6) is -0.804. The summed E-state index contributed by atoms with van der Waals surface area (Å²) >= 11 is 12.2. The zero-order valence-electron chi connectivity index (χ0n) is 12.3. The highest BCUT2D eigenvalue weighted by Crippen LogP contribution is 2.33. The molecule has 2 aromatic carbocycles. The van der Waals surface area contributed by atoms with Crippen molar-refractivity contribution >= 4 is 45.8 Å². The first-order valence-electron chi connectivity index (χ1n) is 6.94. The van der Waals surface area contributed by atoms with Gasteiger partial charge in [-0.25, -0.2) is 0 Å². The molecule has 0 saturated carbocycles. The van der Waals surface area contributed by atoms with Crippen molar-refractivity contribution in [3.05, 3.63) is 64.3 Å². The van der Waals surface area contributed by atoms with Gasteiger partial charge in [-0.05, 0) is 41.8 Å². The van der Waals surface area contributed by atoms with Gasteiger partial charge in [0.05, 0.1) is 10.7 Å². The number of guanidine groups is 1. The van der Waals surface area contributed by atoms with E-state index < -0.39 is 5.91 Å². The van der Waals surface area contributed by atoms with Crippen LogP contribution >= 0.6 is 23.2 Å². The molecule has 1 amide bonds. The summed E-state index contributed by atoms with van der Waals surface area (Å²) in [7, 11) is 0. The van der Waals surface area contributed by atoms with Gasteiger partial charge in [0.1, 0.15) is 0 Å². The van der Waals surface area contributed by atoms with Crippen molar-refractivity contribution in [3.8, 4) is 11.3 Å². The molecule has 0 aliphatic rings. The van der Waals surface area contributed by atoms with Gasteiger partial charge < -0.3 is 11.5 Å². The van der Waals surface area contributed by atoms with Crippen LogP contribution in [0.2, 0.25) is 10.0 Å². The van der Waals surface area contributed by atoms with Crippen LogP contribution in [0.5, 0.6) is 0 Å². The maximum Gasteiger partial charge on any atom is 0.280 e. The number of benzene rings is 2. The number of carbonyl (C=O) groups excluding carboxylic acids is 1. The van der Waals surface area contributed by atoms with Gasteiger partial charge in [-0.1, -0.05) is 29.3 Å². The molecule has 0 atom stereocenters. The maximum absolute atomic E-state index is 12.0. The first kappa shape index (κ1) is 16.2. The third-order valence-electron chi connectivity index (χ3n) is 3.43. The number of hydrogen-bond acceptors (Lipinski definition) is 2. The highest BCUT2D eigenvalue weighted by Gasteiger charge is 2.12. The van der Waals surface area contributed by atoms with E-state index in [2.05, 4.69) is 9.98 Å². The molecule has 0 saturated heterocycles. The lowest BCUT2D eigenvalue weighted by Gasteiger charge is -2.09. The molecule has 24 heavy (non-hydrogen) atoms. The molecule has 3 aromatic rings. The Morgan fingerprint density at radius 2 is 1.83 bits per heavy atom. The van der Waals surface area contributed by atoms with Crippen molar-refractivity contribution in [2.45, 2.75) is 0 Å². The number of aliphatic imine (C=N–C) groups is 1. The fourth-order valence-electron chi connectivity index (χ4n) is 2.38. The second kappa shape index (κ2) is 6.47. The molecule has 1 heterocycles. The average molecular weight is 359 g/mol. The molecule has 1 aromatic heterocycles. The molecule has 0 bridgehead atoms. The van der Waals surface area contributed by atoms with Crippen molar-refractivity contribution < 1.29 is 4.79 Å². The van der Waals surface area contributed by atoms with Crippen molar-refractivity contribution in [2.75, 3.05) is 0 Å². The molecule has 5 nitrogen and oxygen atoms in total. The monoisotopic (exact) mass is 358 g/mol. The molecule has 0 aliphatic carbocycles. The Labute approximate surface area is 147 Å². The van der Waals surface area contributed by atoms with Gasteiger partial charge in [-0.15, -0.1) is 0 Å². The molecular weight excluding hydrogens is 347 g/mol. The Morgan fingerprint density at radius 1 is 1.04 bits per heavy atom. The van der Waals surface area contributed by atoms with Gasteiger partial charge in [0.15, 0.2) is 5.96 Å². The Bertz CT molecular complexity index is 981. The molecule has 0 radical (unpaired) electrons. The van der Waals surface area contributed by atoms with Crippen LogP contribution in [-0.2, 0) is 0 Å². The third kappa shape index (κ3) is 3.18. The minimum absolute atomic E-state index is 0.285. The van der Waals surface area contributed by atoms with Crippen LogP contribution in [0.25, 0.3) is 22.0 Å². The molecule has 0 aliphatic heterocycles. The van der Waals surface area contributed by atoms with E-state index >= 15 is 0 Å². The second-order valence-electron chi connectivity index (χ2n) is 5.06. The van der Waals surface area contributed by atoms with E-state index in [9.17, 15) is 4.79 Å². The number of carbonyl (C=O) groups is 1. The number of nitrogens with two attached hydrogens (primary N) is 2. The van der Waals surface area contributed by atoms with Crippen molar-refractivity contribution in [3.63, 3.8) is 0 Å². The average Bonchev–Trinajstić information content (AvgIpc) is 2.53. The summed E-state index contributed by atoms with van der Waals surface area (Å²) < 4.78 is 0. The van der Waals surface area contributed by atoms with Gasteiger partial charge in [0, 0.05) is 27.7 Å². The molecule has 0 fully saturated rings. The Kier molecular flexibility index (Phi) is 4.38. The van der Waals surface area contributed by atoms with E-state index in [4.69, 9.17) is 34.7 Å². The van der Waals surface area contributed by atoms with Crippen molar-refractivity contribution in [1.82, 2.24) is 4.98 Å². The smallest absolute Gasteiger partial charge is 0.280 e. The fourth-order valence-corrected chi connectivity index (χ4v) is 2.88. The number of pyridine rings is 1. The Balaban J connectivity index is 2.22. The molecule has 7 heteroatoms. The van der Waals surface area contributed by atoms with E-state index in [1.807, 2.05) is 6.07 Å². The minimum Gasteiger partial charge on any atom is -0.370 e. The van der Waals surface area contributed by atoms with Gasteiger partial charge in [-0.3, -0.25) is 9.78 Å². The molecular formula is C17H12Cl2N4O. The summed E-state index contributed by atoms with van der Waals surface area (Å²) in [4.78, 5) is 20.0. The number of aromatic nitrogens is 1. The van der Waals surface area contributed by atoms with Crippen LogP contribution in [0, 0.1) is 0 Å².